The van der Waals surface area contributed by atoms with E-state index in [2.05, 4.69) is 15.5 Å². The number of aryl methyl sites for hydroxylation is 1. The van der Waals surface area contributed by atoms with Crippen LogP contribution in [-0.4, -0.2) is 27.0 Å². The Kier molecular flexibility index (Phi) is 3.61. The molecular weight excluding hydrogens is 336 g/mol. The van der Waals surface area contributed by atoms with Crippen molar-refractivity contribution in [1.29, 1.82) is 0 Å². The molecule has 1 saturated heterocycles. The lowest BCUT2D eigenvalue weighted by molar-refractivity contribution is -0.132. The molecule has 0 aliphatic carbocycles. The lowest BCUT2D eigenvalue weighted by Crippen LogP contribution is -2.40. The van der Waals surface area contributed by atoms with Crippen LogP contribution >= 0.6 is 0 Å². The molecule has 3 aromatic rings. The second kappa shape index (κ2) is 5.83. The van der Waals surface area contributed by atoms with Crippen LogP contribution in [-0.2, 0) is 16.9 Å². The van der Waals surface area contributed by atoms with Crippen LogP contribution in [0.15, 0.2) is 51.6 Å². The van der Waals surface area contributed by atoms with Crippen molar-refractivity contribution in [1.82, 2.24) is 20.4 Å². The topological polar surface area (TPSA) is 101 Å². The maximum atomic E-state index is 12.8. The van der Waals surface area contributed by atoms with Gasteiger partial charge in [0.15, 0.2) is 11.4 Å². The average molecular weight is 352 g/mol. The third-order valence-electron chi connectivity index (χ3n) is 4.32. The highest BCUT2D eigenvalue weighted by molar-refractivity contribution is 6.06. The molecule has 0 spiro atoms. The monoisotopic (exact) mass is 352 g/mol. The molecule has 0 bridgehead atoms. The number of urea groups is 1. The zero-order valence-corrected chi connectivity index (χ0v) is 14.2. The summed E-state index contributed by atoms with van der Waals surface area (Å²) in [6, 6.07) is 10.4. The SMILES string of the molecule is Cc1cccc(-c2nc(CN3C(=O)N[C@@](C)(c4ccco4)C3=O)no2)c1. The van der Waals surface area contributed by atoms with Gasteiger partial charge < -0.3 is 14.3 Å². The standard InChI is InChI=1S/C18H16N4O4/c1-11-5-3-6-12(9-11)15-19-14(21-26-15)10-22-16(23)18(2,20-17(22)24)13-7-4-8-25-13/h3-9H,10H2,1-2H3,(H,20,24)/t18-/m0/s1. The second-order valence-corrected chi connectivity index (χ2v) is 6.31. The van der Waals surface area contributed by atoms with Gasteiger partial charge in [-0.3, -0.25) is 9.69 Å². The van der Waals surface area contributed by atoms with Crippen molar-refractivity contribution in [3.8, 4) is 11.5 Å². The normalized spacial score (nSPS) is 19.8. The molecule has 3 heterocycles. The van der Waals surface area contributed by atoms with Gasteiger partial charge in [0.2, 0.25) is 0 Å². The highest BCUT2D eigenvalue weighted by Crippen LogP contribution is 2.30. The van der Waals surface area contributed by atoms with Crippen LogP contribution in [0.4, 0.5) is 4.79 Å². The highest BCUT2D eigenvalue weighted by Gasteiger charge is 2.51. The minimum Gasteiger partial charge on any atom is -0.466 e. The first-order valence-corrected chi connectivity index (χ1v) is 8.05. The molecule has 3 amide bonds. The maximum Gasteiger partial charge on any atom is 0.325 e. The molecule has 0 radical (unpaired) electrons. The van der Waals surface area contributed by atoms with Crippen LogP contribution < -0.4 is 5.32 Å². The van der Waals surface area contributed by atoms with Crippen LogP contribution in [0.1, 0.15) is 24.1 Å². The largest absolute Gasteiger partial charge is 0.466 e. The Balaban J connectivity index is 1.56. The summed E-state index contributed by atoms with van der Waals surface area (Å²) < 4.78 is 10.6. The van der Waals surface area contributed by atoms with Gasteiger partial charge in [-0.1, -0.05) is 22.9 Å². The number of carbonyl (C=O) groups excluding carboxylic acids is 2. The Morgan fingerprint density at radius 1 is 1.23 bits per heavy atom. The summed E-state index contributed by atoms with van der Waals surface area (Å²) in [5.41, 5.74) is 0.593. The molecule has 1 fully saturated rings. The third-order valence-corrected chi connectivity index (χ3v) is 4.32. The van der Waals surface area contributed by atoms with Gasteiger partial charge in [0, 0.05) is 5.56 Å². The van der Waals surface area contributed by atoms with Gasteiger partial charge >= 0.3 is 6.03 Å². The van der Waals surface area contributed by atoms with Crippen LogP contribution in [0.3, 0.4) is 0 Å². The highest BCUT2D eigenvalue weighted by atomic mass is 16.5. The fourth-order valence-corrected chi connectivity index (χ4v) is 2.93. The number of aromatic nitrogens is 2. The lowest BCUT2D eigenvalue weighted by Gasteiger charge is -2.18. The van der Waals surface area contributed by atoms with E-state index in [-0.39, 0.29) is 12.4 Å². The summed E-state index contributed by atoms with van der Waals surface area (Å²) in [6.07, 6.45) is 1.45. The number of rotatable bonds is 4. The van der Waals surface area contributed by atoms with Crippen molar-refractivity contribution in [2.75, 3.05) is 0 Å². The van der Waals surface area contributed by atoms with Crippen molar-refractivity contribution >= 4 is 11.9 Å². The van der Waals surface area contributed by atoms with E-state index in [1.807, 2.05) is 31.2 Å². The molecule has 1 aliphatic rings. The molecule has 0 unspecified atom stereocenters. The van der Waals surface area contributed by atoms with E-state index in [1.165, 1.54) is 6.26 Å². The second-order valence-electron chi connectivity index (χ2n) is 6.31. The molecule has 132 valence electrons. The Labute approximate surface area is 148 Å². The number of hydrogen-bond donors (Lipinski definition) is 1. The predicted octanol–water partition coefficient (Wildman–Crippen LogP) is 2.61. The number of carbonyl (C=O) groups is 2. The molecule has 2 aromatic heterocycles. The van der Waals surface area contributed by atoms with E-state index in [4.69, 9.17) is 8.94 Å². The van der Waals surface area contributed by atoms with Gasteiger partial charge in [-0.2, -0.15) is 4.98 Å². The minimum atomic E-state index is -1.25. The Hall–Kier alpha value is -3.42. The van der Waals surface area contributed by atoms with Crippen LogP contribution in [0.5, 0.6) is 0 Å². The first-order chi connectivity index (χ1) is 12.5. The number of nitrogens with one attached hydrogen (secondary N) is 1. The van der Waals surface area contributed by atoms with E-state index in [0.717, 1.165) is 16.0 Å². The van der Waals surface area contributed by atoms with Crippen molar-refractivity contribution in [3.63, 3.8) is 0 Å². The van der Waals surface area contributed by atoms with Gasteiger partial charge in [-0.25, -0.2) is 4.79 Å². The number of furan rings is 1. The first-order valence-electron chi connectivity index (χ1n) is 8.05. The smallest absolute Gasteiger partial charge is 0.325 e. The van der Waals surface area contributed by atoms with E-state index in [1.54, 1.807) is 19.1 Å². The number of amides is 3. The van der Waals surface area contributed by atoms with Gasteiger partial charge in [0.25, 0.3) is 11.8 Å². The molecule has 1 atom stereocenters. The summed E-state index contributed by atoms with van der Waals surface area (Å²) in [4.78, 5) is 30.4. The maximum absolute atomic E-state index is 12.8. The number of imide groups is 1. The molecule has 1 aliphatic heterocycles. The summed E-state index contributed by atoms with van der Waals surface area (Å²) in [5, 5.41) is 6.54. The van der Waals surface area contributed by atoms with E-state index < -0.39 is 17.5 Å². The summed E-state index contributed by atoms with van der Waals surface area (Å²) in [7, 11) is 0. The number of hydrogen-bond acceptors (Lipinski definition) is 6. The van der Waals surface area contributed by atoms with Crippen LogP contribution in [0.25, 0.3) is 11.5 Å². The molecule has 0 saturated carbocycles. The lowest BCUT2D eigenvalue weighted by atomic mass is 9.99. The molecule has 4 rings (SSSR count). The van der Waals surface area contributed by atoms with Gasteiger partial charge in [-0.05, 0) is 38.1 Å². The molecular formula is C18H16N4O4. The molecule has 8 nitrogen and oxygen atoms in total. The molecule has 1 N–H and O–H groups in total. The van der Waals surface area contributed by atoms with Gasteiger partial charge in [0.05, 0.1) is 12.8 Å². The van der Waals surface area contributed by atoms with E-state index >= 15 is 0 Å². The molecule has 1 aromatic carbocycles. The Morgan fingerprint density at radius 3 is 2.81 bits per heavy atom. The molecule has 8 heteroatoms. The fraction of sp³-hybridized carbons (Fsp3) is 0.222. The molecule has 26 heavy (non-hydrogen) atoms. The third kappa shape index (κ3) is 2.55. The van der Waals surface area contributed by atoms with Crippen molar-refractivity contribution < 1.29 is 18.5 Å². The summed E-state index contributed by atoms with van der Waals surface area (Å²) >= 11 is 0. The minimum absolute atomic E-state index is 0.0870. The van der Waals surface area contributed by atoms with Gasteiger partial charge in [0.1, 0.15) is 5.76 Å². The summed E-state index contributed by atoms with van der Waals surface area (Å²) in [6.45, 7) is 3.47. The van der Waals surface area contributed by atoms with E-state index in [9.17, 15) is 9.59 Å². The Bertz CT molecular complexity index is 979. The van der Waals surface area contributed by atoms with Crippen molar-refractivity contribution in [2.45, 2.75) is 25.9 Å². The quantitative estimate of drug-likeness (QED) is 0.724. The Morgan fingerprint density at radius 2 is 2.08 bits per heavy atom. The fourth-order valence-electron chi connectivity index (χ4n) is 2.93. The van der Waals surface area contributed by atoms with E-state index in [0.29, 0.717) is 11.7 Å². The first kappa shape index (κ1) is 16.1. The van der Waals surface area contributed by atoms with Crippen LogP contribution in [0, 0.1) is 6.92 Å². The van der Waals surface area contributed by atoms with Gasteiger partial charge in [-0.15, -0.1) is 0 Å². The van der Waals surface area contributed by atoms with Crippen LogP contribution in [0.2, 0.25) is 0 Å². The summed E-state index contributed by atoms with van der Waals surface area (Å²) in [5.74, 6) is 0.518. The number of benzene rings is 1. The predicted molar refractivity (Wildman–Crippen MR) is 89.6 cm³/mol. The average Bonchev–Trinajstić information content (AvgIpc) is 3.34. The van der Waals surface area contributed by atoms with Crippen molar-refractivity contribution in [3.05, 3.63) is 59.8 Å². The zero-order chi connectivity index (χ0) is 18.3. The number of nitrogens with zero attached hydrogens (tertiary/aromatic N) is 3. The zero-order valence-electron chi connectivity index (χ0n) is 14.2. The van der Waals surface area contributed by atoms with Crippen molar-refractivity contribution in [2.24, 2.45) is 0 Å².